The quantitative estimate of drug-likeness (QED) is 0.0328. The standard InChI is InChI=1S/C40H63FN8O13.C21H26FN3O4.C18H37N5O9/c1-15-12-47(30-27(41)16(2)25-29(37(30)57-4)49(18-5-6-18)17(3)26(32(25)52)38(55)56)7-8-48(15)14-58-13-24-31(51)28(46)33(53)40(60-24)62-36-20(44)9-19(43)35(34(36)54)61-39-21(45)10-22(50)23(11-42)59-39;1-10-9-24(8-7-23-10)18-16(22)11(2)14-17(20(18)29-4)25(13-5-6-13)12(3)15(19(14)26)21(27)28;19-3-9-8(25)2-7(22)17(29-9)31-15-5(20)1-6(21)16(14(15)28)32-18-13(27)11(23)12(26)10(4-24)30-18/h15,18-24,28,31,33-36,39-40,50-51,53-54H,5-14,42-46H2,1-4H3,(H,55,56);10,13,23H,5-9H2,1-4H3,(H,27,28);5-18,24-28H,1-4,19-23H2/t15?,19-,20+,21+,22-,23+,24+,28-,31+,33+,34-,35+,36-,39+,40+;;5-,6+,7+,8-,9+,10+,11-,12+,13+,14-,15+,16-,17+,18+/m0.0/s1. The summed E-state index contributed by atoms with van der Waals surface area (Å²) >= 11 is 0. The van der Waals surface area contributed by atoms with Crippen LogP contribution in [0.25, 0.3) is 21.8 Å². The topological polar surface area (TPSA) is 684 Å². The second-order valence-corrected chi connectivity index (χ2v) is 34.3. The number of piperazine rings is 2. The molecule has 44 heteroatoms. The number of ether oxygens (including phenoxy) is 11. The number of aryl methyl sites for hydroxylation is 2. The monoisotopic (exact) mass is 1750 g/mol. The first-order valence-corrected chi connectivity index (χ1v) is 41.9. The summed E-state index contributed by atoms with van der Waals surface area (Å²) in [5.41, 5.74) is 60.9. The molecule has 42 nitrogen and oxygen atoms in total. The van der Waals surface area contributed by atoms with E-state index in [9.17, 15) is 75.3 Å². The lowest BCUT2D eigenvalue weighted by Crippen LogP contribution is -2.68. The Morgan fingerprint density at radius 2 is 0.886 bits per heavy atom. The fourth-order valence-corrected chi connectivity index (χ4v) is 18.4. The Morgan fingerprint density at radius 3 is 1.25 bits per heavy atom. The molecule has 14 rings (SSSR count). The van der Waals surface area contributed by atoms with Crippen molar-refractivity contribution >= 4 is 45.1 Å². The summed E-state index contributed by atoms with van der Waals surface area (Å²) in [7, 11) is 2.88. The number of halogens is 2. The highest BCUT2D eigenvalue weighted by atomic mass is 19.1. The lowest BCUT2D eigenvalue weighted by molar-refractivity contribution is -0.316. The lowest BCUT2D eigenvalue weighted by Gasteiger charge is -2.48. The number of methoxy groups -OCH3 is 2. The van der Waals surface area contributed by atoms with Gasteiger partial charge in [-0.25, -0.2) is 18.4 Å². The molecule has 6 aliphatic heterocycles. The summed E-state index contributed by atoms with van der Waals surface area (Å²) < 4.78 is 100. The van der Waals surface area contributed by atoms with E-state index < -0.39 is 212 Å². The zero-order valence-corrected chi connectivity index (χ0v) is 70.2. The van der Waals surface area contributed by atoms with Crippen molar-refractivity contribution in [1.29, 1.82) is 0 Å². The second-order valence-electron chi connectivity index (χ2n) is 34.3. The number of carboxylic acid groups (broad SMARTS) is 2. The smallest absolute Gasteiger partial charge is 0.341 e. The van der Waals surface area contributed by atoms with Crippen molar-refractivity contribution in [2.45, 2.75) is 288 Å². The van der Waals surface area contributed by atoms with E-state index in [2.05, 4.69) is 5.32 Å². The molecule has 4 aromatic rings. The van der Waals surface area contributed by atoms with E-state index in [1.165, 1.54) is 21.1 Å². The first-order chi connectivity index (χ1) is 58.2. The summed E-state index contributed by atoms with van der Waals surface area (Å²) in [6.45, 7) is 12.7. The average Bonchev–Trinajstić information content (AvgIpc) is 1.70. The van der Waals surface area contributed by atoms with Crippen LogP contribution in [0.2, 0.25) is 0 Å². The van der Waals surface area contributed by atoms with Gasteiger partial charge in [0.1, 0.15) is 95.7 Å². The van der Waals surface area contributed by atoms with E-state index in [4.69, 9.17) is 109 Å². The van der Waals surface area contributed by atoms with Gasteiger partial charge >= 0.3 is 11.9 Å². The van der Waals surface area contributed by atoms with E-state index >= 15 is 8.78 Å². The Hall–Kier alpha value is -6.34. The molecule has 6 saturated heterocycles. The molecule has 0 amide bonds. The van der Waals surface area contributed by atoms with Gasteiger partial charge in [0.2, 0.25) is 10.9 Å². The van der Waals surface area contributed by atoms with Crippen LogP contribution in [0, 0.1) is 39.3 Å². The van der Waals surface area contributed by atoms with Crippen LogP contribution in [0.5, 0.6) is 11.5 Å². The van der Waals surface area contributed by atoms with Crippen LogP contribution < -0.4 is 92.8 Å². The Balaban J connectivity index is 0.000000189. The van der Waals surface area contributed by atoms with Gasteiger partial charge in [-0.05, 0) is 92.9 Å². The van der Waals surface area contributed by atoms with E-state index in [1.54, 1.807) is 20.8 Å². The SMILES string of the molecule is COc1c(N2CCN(COC[C@H]3O[C@H](O[C@@H]4[C@@H](O)[C@H](O[C@H]5O[C@H](CN)[C@@H](O)C[C@H]5N)[C@@H](N)C[C@H]4N)[C@H](O)[C@@H](N)[C@@H]3O)C(C)C2)c(F)c(C)c2c(=O)c(C(=O)O)c(C)n(C3CC3)c12.COc1c(N2CCNC(C)C2)c(F)c(C)c2c(=O)c(C(=O)O)c(C)n(C3CC3)c12.NC[C@H]1O[C@H](O[C@H]2[C@H](O)[C@@H](O[C@H]3O[C@H](CO)[C@@H](O)[C@H](N)[C@H]3O)[C@H](N)C[C@@H]2N)[C@H](N)C[C@@H]1O. The molecule has 2 aromatic heterocycles. The van der Waals surface area contributed by atoms with Crippen LogP contribution in [-0.4, -0.2) is 352 Å². The number of aromatic carboxylic acids is 2. The number of rotatable bonds is 23. The van der Waals surface area contributed by atoms with Gasteiger partial charge in [0.05, 0.1) is 105 Å². The minimum Gasteiger partial charge on any atom is -0.492 e. The van der Waals surface area contributed by atoms with E-state index in [0.29, 0.717) is 73.1 Å². The Labute approximate surface area is 707 Å². The number of nitrogens with zero attached hydrogens (tertiary/aromatic N) is 5. The molecule has 0 radical (unpaired) electrons. The van der Waals surface area contributed by atoms with Crippen molar-refractivity contribution in [3.8, 4) is 11.5 Å². The number of hydrogen-bond donors (Lipinski definition) is 22. The fraction of sp³-hybridized carbons (Fsp3) is 0.747. The molecule has 4 saturated carbocycles. The molecule has 10 aliphatic rings. The Morgan fingerprint density at radius 1 is 0.504 bits per heavy atom. The fourth-order valence-electron chi connectivity index (χ4n) is 18.4. The molecule has 2 unspecified atom stereocenters. The predicted octanol–water partition coefficient (Wildman–Crippen LogP) is -6.69. The highest BCUT2D eigenvalue weighted by Crippen LogP contribution is 2.49. The summed E-state index contributed by atoms with van der Waals surface area (Å²) in [4.78, 5) is 56.5. The molecule has 0 bridgehead atoms. The number of nitrogens with one attached hydrogen (secondary N) is 1. The number of aliphatic hydroxyl groups excluding tert-OH is 9. The number of fused-ring (bicyclic) bond motifs is 2. The number of pyridine rings is 2. The van der Waals surface area contributed by atoms with Crippen molar-refractivity contribution in [3.05, 3.63) is 65.7 Å². The third-order valence-corrected chi connectivity index (χ3v) is 25.6. The van der Waals surface area contributed by atoms with Crippen molar-refractivity contribution in [2.75, 3.05) is 96.3 Å². The molecule has 8 heterocycles. The molecular weight excluding hydrogens is 1630 g/mol. The van der Waals surface area contributed by atoms with E-state index in [0.717, 1.165) is 25.7 Å². The van der Waals surface area contributed by atoms with Gasteiger partial charge < -0.3 is 190 Å². The van der Waals surface area contributed by atoms with Crippen molar-refractivity contribution in [1.82, 2.24) is 19.4 Å². The molecule has 32 N–H and O–H groups in total. The highest BCUT2D eigenvalue weighted by Gasteiger charge is 2.54. The van der Waals surface area contributed by atoms with Crippen molar-refractivity contribution in [3.63, 3.8) is 0 Å². The van der Waals surface area contributed by atoms with Gasteiger partial charge in [-0.2, -0.15) is 0 Å². The first kappa shape index (κ1) is 95.8. The third kappa shape index (κ3) is 19.2. The maximum atomic E-state index is 16.5. The number of anilines is 2. The summed E-state index contributed by atoms with van der Waals surface area (Å²) in [6.07, 6.45) is -18.9. The van der Waals surface area contributed by atoms with Gasteiger partial charge in [0, 0.05) is 123 Å². The van der Waals surface area contributed by atoms with E-state index in [1.807, 2.05) is 37.7 Å². The molecule has 0 spiro atoms. The van der Waals surface area contributed by atoms with Crippen LogP contribution in [-0.2, 0) is 42.6 Å². The molecule has 2 aromatic carbocycles. The molecule has 30 atom stereocenters. The maximum absolute atomic E-state index is 16.5. The number of nitrogens with two attached hydrogens (primary N) is 10. The predicted molar refractivity (Wildman–Crippen MR) is 437 cm³/mol. The number of carbonyl (C=O) groups is 2. The average molecular weight is 1750 g/mol. The normalized spacial score (nSPS) is 37.1. The van der Waals surface area contributed by atoms with Crippen LogP contribution in [0.15, 0.2) is 9.59 Å². The number of aromatic nitrogens is 2. The summed E-state index contributed by atoms with van der Waals surface area (Å²) in [5.74, 6) is -3.37. The minimum absolute atomic E-state index is 0.0104. The molecule has 692 valence electrons. The minimum atomic E-state index is -1.52. The number of aliphatic hydroxyl groups is 9. The van der Waals surface area contributed by atoms with Gasteiger partial charge in [-0.15, -0.1) is 0 Å². The maximum Gasteiger partial charge on any atom is 0.341 e. The van der Waals surface area contributed by atoms with Crippen molar-refractivity contribution < 1.29 is 127 Å². The summed E-state index contributed by atoms with van der Waals surface area (Å²) in [6, 6.07) is -6.78. The highest BCUT2D eigenvalue weighted by molar-refractivity contribution is 6.01. The summed E-state index contributed by atoms with van der Waals surface area (Å²) in [5, 5.41) is 117. The van der Waals surface area contributed by atoms with Crippen LogP contribution in [0.4, 0.5) is 20.2 Å². The number of hydrogen-bond acceptors (Lipinski definition) is 38. The van der Waals surface area contributed by atoms with Gasteiger partial charge in [0.25, 0.3) is 0 Å². The Kier molecular flexibility index (Phi) is 30.9. The largest absolute Gasteiger partial charge is 0.492 e. The van der Waals surface area contributed by atoms with Gasteiger partial charge in [0.15, 0.2) is 48.3 Å². The van der Waals surface area contributed by atoms with Gasteiger partial charge in [-0.1, -0.05) is 0 Å². The number of carboxylic acids is 2. The van der Waals surface area contributed by atoms with Gasteiger partial charge in [-0.3, -0.25) is 14.5 Å². The first-order valence-electron chi connectivity index (χ1n) is 41.9. The lowest BCUT2D eigenvalue weighted by atomic mass is 9.84. The molecular formula is C79H126F2N16O26. The molecule has 4 aliphatic carbocycles. The molecule has 10 fully saturated rings. The van der Waals surface area contributed by atoms with Crippen molar-refractivity contribution in [2.24, 2.45) is 57.3 Å². The number of benzene rings is 2. The zero-order chi connectivity index (χ0) is 89.8. The third-order valence-electron chi connectivity index (χ3n) is 25.6. The van der Waals surface area contributed by atoms with Crippen LogP contribution >= 0.6 is 0 Å². The molecule has 123 heavy (non-hydrogen) atoms. The van der Waals surface area contributed by atoms with E-state index in [-0.39, 0.29) is 121 Å². The second kappa shape index (κ2) is 39.7. The van der Waals surface area contributed by atoms with Crippen LogP contribution in [0.1, 0.15) is 121 Å². The van der Waals surface area contributed by atoms with Crippen LogP contribution in [0.3, 0.4) is 0 Å². The zero-order valence-electron chi connectivity index (χ0n) is 70.2. The Bertz CT molecular complexity index is 4510.